The number of carbonyl (C=O) groups excluding carboxylic acids is 1. The summed E-state index contributed by atoms with van der Waals surface area (Å²) in [7, 11) is 0. The molecule has 2 rings (SSSR count). The number of ether oxygens (including phenoxy) is 1. The monoisotopic (exact) mass is 308 g/mol. The third-order valence-electron chi connectivity index (χ3n) is 3.61. The molecule has 1 heterocycles. The molecule has 0 bridgehead atoms. The molecule has 1 amide bonds. The number of likely N-dealkylation sites (tertiary alicyclic amines) is 1. The summed E-state index contributed by atoms with van der Waals surface area (Å²) in [5.74, 6) is -0.199. The minimum atomic E-state index is -0.482. The van der Waals surface area contributed by atoms with Gasteiger partial charge in [0, 0.05) is 31.2 Å². The zero-order valence-corrected chi connectivity index (χ0v) is 13.6. The molecule has 0 aromatic heterocycles. The van der Waals surface area contributed by atoms with Gasteiger partial charge in [-0.3, -0.25) is 0 Å². The maximum absolute atomic E-state index is 13.6. The maximum Gasteiger partial charge on any atom is 0.410 e. The largest absolute Gasteiger partial charge is 0.444 e. The van der Waals surface area contributed by atoms with E-state index in [2.05, 4.69) is 5.32 Å². The topological polar surface area (TPSA) is 41.6 Å². The van der Waals surface area contributed by atoms with Gasteiger partial charge in [-0.15, -0.1) is 0 Å². The molecule has 0 aliphatic carbocycles. The van der Waals surface area contributed by atoms with Crippen molar-refractivity contribution in [1.29, 1.82) is 0 Å². The van der Waals surface area contributed by atoms with Crippen LogP contribution in [0.15, 0.2) is 24.3 Å². The smallest absolute Gasteiger partial charge is 0.410 e. The minimum Gasteiger partial charge on any atom is -0.444 e. The quantitative estimate of drug-likeness (QED) is 0.931. The summed E-state index contributed by atoms with van der Waals surface area (Å²) < 4.78 is 19.0. The van der Waals surface area contributed by atoms with Crippen LogP contribution in [0.25, 0.3) is 0 Å². The summed E-state index contributed by atoms with van der Waals surface area (Å²) in [6.45, 7) is 7.38. The fourth-order valence-electron chi connectivity index (χ4n) is 2.53. The van der Waals surface area contributed by atoms with Crippen molar-refractivity contribution in [3.05, 3.63) is 35.6 Å². The summed E-state index contributed by atoms with van der Waals surface area (Å²) in [4.78, 5) is 13.8. The molecule has 0 spiro atoms. The lowest BCUT2D eigenvalue weighted by atomic mass is 10.1. The number of nitrogens with zero attached hydrogens (tertiary/aromatic N) is 1. The van der Waals surface area contributed by atoms with Gasteiger partial charge in [0.25, 0.3) is 0 Å². The van der Waals surface area contributed by atoms with Crippen LogP contribution in [0, 0.1) is 5.82 Å². The summed E-state index contributed by atoms with van der Waals surface area (Å²) in [5, 5.41) is 3.34. The van der Waals surface area contributed by atoms with E-state index < -0.39 is 5.60 Å². The molecule has 1 aromatic rings. The maximum atomic E-state index is 13.6. The fourth-order valence-corrected chi connectivity index (χ4v) is 2.53. The van der Waals surface area contributed by atoms with E-state index in [-0.39, 0.29) is 18.0 Å². The minimum absolute atomic E-state index is 0.167. The lowest BCUT2D eigenvalue weighted by molar-refractivity contribution is 0.0187. The molecule has 22 heavy (non-hydrogen) atoms. The number of hydrogen-bond acceptors (Lipinski definition) is 3. The molecule has 1 aliphatic heterocycles. The summed E-state index contributed by atoms with van der Waals surface area (Å²) >= 11 is 0. The zero-order valence-electron chi connectivity index (χ0n) is 13.6. The van der Waals surface area contributed by atoms with E-state index >= 15 is 0 Å². The lowest BCUT2D eigenvalue weighted by Crippen LogP contribution is -2.49. The number of carbonyl (C=O) groups is 1. The van der Waals surface area contributed by atoms with Gasteiger partial charge in [-0.05, 0) is 39.7 Å². The number of piperidine rings is 1. The summed E-state index contributed by atoms with van der Waals surface area (Å²) in [5.41, 5.74) is 0.168. The Labute approximate surface area is 131 Å². The van der Waals surface area contributed by atoms with Gasteiger partial charge in [-0.25, -0.2) is 9.18 Å². The van der Waals surface area contributed by atoms with Crippen LogP contribution in [-0.2, 0) is 11.3 Å². The van der Waals surface area contributed by atoms with E-state index in [1.54, 1.807) is 17.0 Å². The normalized spacial score (nSPS) is 19.1. The van der Waals surface area contributed by atoms with Gasteiger partial charge in [0.15, 0.2) is 0 Å². The van der Waals surface area contributed by atoms with Crippen LogP contribution in [0.4, 0.5) is 9.18 Å². The van der Waals surface area contributed by atoms with Crippen molar-refractivity contribution in [2.24, 2.45) is 0 Å². The van der Waals surface area contributed by atoms with Crippen LogP contribution in [-0.4, -0.2) is 35.7 Å². The van der Waals surface area contributed by atoms with E-state index in [1.165, 1.54) is 6.07 Å². The highest BCUT2D eigenvalue weighted by Crippen LogP contribution is 2.16. The van der Waals surface area contributed by atoms with Gasteiger partial charge in [-0.2, -0.15) is 0 Å². The van der Waals surface area contributed by atoms with Gasteiger partial charge < -0.3 is 15.0 Å². The highest BCUT2D eigenvalue weighted by Gasteiger charge is 2.27. The van der Waals surface area contributed by atoms with Crippen molar-refractivity contribution >= 4 is 6.09 Å². The molecule has 0 radical (unpaired) electrons. The summed E-state index contributed by atoms with van der Waals surface area (Å²) in [6, 6.07) is 6.92. The van der Waals surface area contributed by atoms with Crippen molar-refractivity contribution in [3.63, 3.8) is 0 Å². The third kappa shape index (κ3) is 4.98. The van der Waals surface area contributed by atoms with Crippen LogP contribution in [0.5, 0.6) is 0 Å². The average Bonchev–Trinajstić information content (AvgIpc) is 2.45. The van der Waals surface area contributed by atoms with E-state index in [9.17, 15) is 9.18 Å². The Balaban J connectivity index is 1.86. The number of hydrogen-bond donors (Lipinski definition) is 1. The first-order valence-electron chi connectivity index (χ1n) is 7.80. The van der Waals surface area contributed by atoms with Gasteiger partial charge in [-0.1, -0.05) is 18.2 Å². The Kier molecular flexibility index (Phi) is 5.40. The van der Waals surface area contributed by atoms with Gasteiger partial charge in [0.2, 0.25) is 0 Å². The summed E-state index contributed by atoms with van der Waals surface area (Å²) in [6.07, 6.45) is 1.63. The second kappa shape index (κ2) is 7.09. The Morgan fingerprint density at radius 1 is 1.41 bits per heavy atom. The van der Waals surface area contributed by atoms with E-state index in [4.69, 9.17) is 4.74 Å². The highest BCUT2D eigenvalue weighted by molar-refractivity contribution is 5.68. The first-order valence-corrected chi connectivity index (χ1v) is 7.80. The first-order chi connectivity index (χ1) is 10.3. The first kappa shape index (κ1) is 16.7. The molecule has 1 fully saturated rings. The molecule has 1 aliphatic rings. The number of nitrogens with one attached hydrogen (secondary N) is 1. The van der Waals surface area contributed by atoms with Crippen molar-refractivity contribution in [3.8, 4) is 0 Å². The predicted octanol–water partition coefficient (Wildman–Crippen LogP) is 3.31. The van der Waals surface area contributed by atoms with Crippen molar-refractivity contribution < 1.29 is 13.9 Å². The molecule has 0 saturated carbocycles. The molecule has 1 atom stereocenters. The van der Waals surface area contributed by atoms with Crippen LogP contribution < -0.4 is 5.32 Å². The molecule has 122 valence electrons. The standard InChI is InChI=1S/C17H25FN2O2/c1-17(2,3)22-16(21)20-10-6-8-14(12-20)19-11-13-7-4-5-9-15(13)18/h4-5,7,9,14,19H,6,8,10-12H2,1-3H3. The molecular weight excluding hydrogens is 283 g/mol. The lowest BCUT2D eigenvalue weighted by Gasteiger charge is -2.34. The zero-order chi connectivity index (χ0) is 16.2. The fraction of sp³-hybridized carbons (Fsp3) is 0.588. The third-order valence-corrected chi connectivity index (χ3v) is 3.61. The van der Waals surface area contributed by atoms with Gasteiger partial charge in [0.1, 0.15) is 11.4 Å². The molecule has 1 N–H and O–H groups in total. The molecule has 5 heteroatoms. The number of amides is 1. The predicted molar refractivity (Wildman–Crippen MR) is 84.1 cm³/mol. The molecule has 1 unspecified atom stereocenters. The highest BCUT2D eigenvalue weighted by atomic mass is 19.1. The Bertz CT molecular complexity index is 514. The van der Waals surface area contributed by atoms with Gasteiger partial charge >= 0.3 is 6.09 Å². The Morgan fingerprint density at radius 2 is 2.14 bits per heavy atom. The van der Waals surface area contributed by atoms with E-state index in [1.807, 2.05) is 26.8 Å². The van der Waals surface area contributed by atoms with Crippen molar-refractivity contribution in [1.82, 2.24) is 10.2 Å². The number of halogens is 1. The SMILES string of the molecule is CC(C)(C)OC(=O)N1CCCC(NCc2ccccc2F)C1. The second-order valence-corrected chi connectivity index (χ2v) is 6.74. The van der Waals surface area contributed by atoms with Crippen molar-refractivity contribution in [2.75, 3.05) is 13.1 Å². The number of benzene rings is 1. The van der Waals surface area contributed by atoms with E-state index in [0.29, 0.717) is 25.2 Å². The van der Waals surface area contributed by atoms with Crippen molar-refractivity contribution in [2.45, 2.75) is 51.8 Å². The Morgan fingerprint density at radius 3 is 2.82 bits per heavy atom. The van der Waals surface area contributed by atoms with E-state index in [0.717, 1.165) is 12.8 Å². The van der Waals surface area contributed by atoms with Crippen LogP contribution in [0.2, 0.25) is 0 Å². The molecule has 1 aromatic carbocycles. The van der Waals surface area contributed by atoms with Crippen LogP contribution in [0.3, 0.4) is 0 Å². The molecule has 4 nitrogen and oxygen atoms in total. The van der Waals surface area contributed by atoms with Gasteiger partial charge in [0.05, 0.1) is 0 Å². The van der Waals surface area contributed by atoms with Crippen LogP contribution >= 0.6 is 0 Å². The molecule has 1 saturated heterocycles. The second-order valence-electron chi connectivity index (χ2n) is 6.74. The number of rotatable bonds is 3. The van der Waals surface area contributed by atoms with Crippen LogP contribution in [0.1, 0.15) is 39.2 Å². The average molecular weight is 308 g/mol. The Hall–Kier alpha value is -1.62. The molecular formula is C17H25FN2O2.